The van der Waals surface area contributed by atoms with Gasteiger partial charge in [0, 0.05) is 19.8 Å². The molecule has 0 bridgehead atoms. The number of fused-ring (bicyclic) bond motifs is 1. The second kappa shape index (κ2) is 5.20. The number of aromatic hydroxyl groups is 1. The van der Waals surface area contributed by atoms with Crippen molar-refractivity contribution in [1.29, 1.82) is 0 Å². The third-order valence-electron chi connectivity index (χ3n) is 2.61. The fourth-order valence-corrected chi connectivity index (χ4v) is 1.86. The van der Waals surface area contributed by atoms with Crippen LogP contribution >= 0.6 is 0 Å². The second-order valence-electron chi connectivity index (χ2n) is 3.88. The predicted molar refractivity (Wildman–Crippen MR) is 63.8 cm³/mol. The lowest BCUT2D eigenvalue weighted by Gasteiger charge is -2.08. The van der Waals surface area contributed by atoms with E-state index in [0.29, 0.717) is 11.3 Å². The number of hydrogen-bond donors (Lipinski definition) is 1. The molecule has 5 nitrogen and oxygen atoms in total. The molecule has 0 saturated carbocycles. The Kier molecular flexibility index (Phi) is 3.64. The quantitative estimate of drug-likeness (QED) is 0.821. The van der Waals surface area contributed by atoms with Gasteiger partial charge in [0.1, 0.15) is 17.1 Å². The number of ketones is 1. The number of allylic oxidation sites excluding steroid dienone is 1. The van der Waals surface area contributed by atoms with E-state index >= 15 is 0 Å². The molecule has 0 amide bonds. The molecule has 5 heteroatoms. The smallest absolute Gasteiger partial charge is 0.235 e. The minimum atomic E-state index is -0.341. The summed E-state index contributed by atoms with van der Waals surface area (Å²) >= 11 is 0. The average Bonchev–Trinajstić information content (AvgIpc) is 2.68. The van der Waals surface area contributed by atoms with E-state index in [1.54, 1.807) is 12.1 Å². The van der Waals surface area contributed by atoms with Crippen molar-refractivity contribution in [2.24, 2.45) is 0 Å². The minimum absolute atomic E-state index is 0.0818. The third kappa shape index (κ3) is 2.10. The number of benzene rings is 1. The van der Waals surface area contributed by atoms with E-state index < -0.39 is 0 Å². The van der Waals surface area contributed by atoms with Crippen LogP contribution in [0.15, 0.2) is 29.5 Å². The zero-order valence-corrected chi connectivity index (χ0v) is 10.2. The molecule has 0 spiro atoms. The summed E-state index contributed by atoms with van der Waals surface area (Å²) in [6.45, 7) is 0.479. The maximum atomic E-state index is 12.2. The summed E-state index contributed by atoms with van der Waals surface area (Å²) in [7, 11) is 3.06. The van der Waals surface area contributed by atoms with Gasteiger partial charge in [-0.1, -0.05) is 6.07 Å². The average molecular weight is 250 g/mol. The molecule has 0 radical (unpaired) electrons. The Hall–Kier alpha value is -1.85. The van der Waals surface area contributed by atoms with Gasteiger partial charge in [0.25, 0.3) is 0 Å². The van der Waals surface area contributed by atoms with Crippen molar-refractivity contribution in [3.05, 3.63) is 35.1 Å². The van der Waals surface area contributed by atoms with Crippen molar-refractivity contribution < 1.29 is 24.1 Å². The SMILES string of the molecule is COCC(COC)=C1Oc2cccc(O)c2C1=O. The monoisotopic (exact) mass is 250 g/mol. The molecule has 0 aromatic heterocycles. The van der Waals surface area contributed by atoms with Crippen LogP contribution in [0.25, 0.3) is 0 Å². The number of ether oxygens (including phenoxy) is 3. The van der Waals surface area contributed by atoms with Crippen LogP contribution in [-0.4, -0.2) is 38.3 Å². The summed E-state index contributed by atoms with van der Waals surface area (Å²) < 4.78 is 15.5. The fourth-order valence-electron chi connectivity index (χ4n) is 1.86. The van der Waals surface area contributed by atoms with Crippen LogP contribution in [0.5, 0.6) is 11.5 Å². The Bertz CT molecular complexity index is 496. The first-order chi connectivity index (χ1) is 8.69. The number of carbonyl (C=O) groups is 1. The molecule has 96 valence electrons. The van der Waals surface area contributed by atoms with Gasteiger partial charge in [0.15, 0.2) is 5.76 Å². The summed E-state index contributed by atoms with van der Waals surface area (Å²) in [6, 6.07) is 4.71. The summed E-state index contributed by atoms with van der Waals surface area (Å²) in [5.74, 6) is 0.115. The molecule has 1 aliphatic rings. The van der Waals surface area contributed by atoms with Crippen molar-refractivity contribution in [3.8, 4) is 11.5 Å². The van der Waals surface area contributed by atoms with Gasteiger partial charge in [-0.15, -0.1) is 0 Å². The van der Waals surface area contributed by atoms with Crippen molar-refractivity contribution in [2.45, 2.75) is 0 Å². The van der Waals surface area contributed by atoms with Crippen LogP contribution in [0, 0.1) is 0 Å². The molecule has 0 fully saturated rings. The molecule has 1 aliphatic heterocycles. The van der Waals surface area contributed by atoms with E-state index in [1.807, 2.05) is 0 Å². The van der Waals surface area contributed by atoms with Crippen LogP contribution < -0.4 is 4.74 Å². The molecule has 0 saturated heterocycles. The van der Waals surface area contributed by atoms with Crippen molar-refractivity contribution in [1.82, 2.24) is 0 Å². The maximum Gasteiger partial charge on any atom is 0.235 e. The van der Waals surface area contributed by atoms with Crippen LogP contribution in [-0.2, 0) is 9.47 Å². The normalized spacial score (nSPS) is 13.4. The fraction of sp³-hybridized carbons (Fsp3) is 0.308. The Labute approximate surface area is 105 Å². The highest BCUT2D eigenvalue weighted by Gasteiger charge is 2.32. The predicted octanol–water partition coefficient (Wildman–Crippen LogP) is 1.51. The Morgan fingerprint density at radius 2 is 1.94 bits per heavy atom. The van der Waals surface area contributed by atoms with E-state index in [4.69, 9.17) is 14.2 Å². The van der Waals surface area contributed by atoms with Gasteiger partial charge in [0.05, 0.1) is 13.2 Å². The molecule has 0 unspecified atom stereocenters. The molecular formula is C13H14O5. The van der Waals surface area contributed by atoms with Gasteiger partial charge in [-0.3, -0.25) is 4.79 Å². The number of methoxy groups -OCH3 is 2. The van der Waals surface area contributed by atoms with Crippen LogP contribution in [0.2, 0.25) is 0 Å². The zero-order valence-electron chi connectivity index (χ0n) is 10.2. The number of phenols is 1. The summed E-state index contributed by atoms with van der Waals surface area (Å²) in [6.07, 6.45) is 0. The van der Waals surface area contributed by atoms with Gasteiger partial charge in [-0.05, 0) is 12.1 Å². The van der Waals surface area contributed by atoms with Crippen LogP contribution in [0.3, 0.4) is 0 Å². The third-order valence-corrected chi connectivity index (χ3v) is 2.61. The van der Waals surface area contributed by atoms with E-state index in [9.17, 15) is 9.90 Å². The standard InChI is InChI=1S/C13H14O5/c1-16-6-8(7-17-2)13-12(15)11-9(14)4-3-5-10(11)18-13/h3-5,14H,6-7H2,1-2H3. The van der Waals surface area contributed by atoms with E-state index in [0.717, 1.165) is 0 Å². The lowest BCUT2D eigenvalue weighted by Crippen LogP contribution is -2.12. The number of hydrogen-bond acceptors (Lipinski definition) is 5. The zero-order chi connectivity index (χ0) is 13.1. The first-order valence-corrected chi connectivity index (χ1v) is 5.43. The van der Waals surface area contributed by atoms with E-state index in [2.05, 4.69) is 0 Å². The lowest BCUT2D eigenvalue weighted by molar-refractivity contribution is 0.0998. The Morgan fingerprint density at radius 1 is 1.28 bits per heavy atom. The van der Waals surface area contributed by atoms with Gasteiger partial charge in [-0.2, -0.15) is 0 Å². The summed E-state index contributed by atoms with van der Waals surface area (Å²) in [4.78, 5) is 12.2. The molecule has 1 heterocycles. The Balaban J connectivity index is 2.43. The molecule has 1 aromatic rings. The minimum Gasteiger partial charge on any atom is -0.507 e. The van der Waals surface area contributed by atoms with Crippen LogP contribution in [0.4, 0.5) is 0 Å². The largest absolute Gasteiger partial charge is 0.507 e. The summed E-state index contributed by atoms with van der Waals surface area (Å²) in [5.41, 5.74) is 0.804. The van der Waals surface area contributed by atoms with E-state index in [-0.39, 0.29) is 36.1 Å². The molecule has 0 atom stereocenters. The first kappa shape index (κ1) is 12.6. The molecular weight excluding hydrogens is 236 g/mol. The molecule has 1 aromatic carbocycles. The Morgan fingerprint density at radius 3 is 2.50 bits per heavy atom. The van der Waals surface area contributed by atoms with Gasteiger partial charge < -0.3 is 19.3 Å². The highest BCUT2D eigenvalue weighted by molar-refractivity contribution is 6.14. The highest BCUT2D eigenvalue weighted by Crippen LogP contribution is 2.37. The van der Waals surface area contributed by atoms with Crippen molar-refractivity contribution in [3.63, 3.8) is 0 Å². The topological polar surface area (TPSA) is 65.0 Å². The van der Waals surface area contributed by atoms with E-state index in [1.165, 1.54) is 20.3 Å². The number of phenolic OH excluding ortho intramolecular Hbond substituents is 1. The van der Waals surface area contributed by atoms with Gasteiger partial charge >= 0.3 is 0 Å². The van der Waals surface area contributed by atoms with Gasteiger partial charge in [-0.25, -0.2) is 0 Å². The molecule has 18 heavy (non-hydrogen) atoms. The van der Waals surface area contributed by atoms with Gasteiger partial charge in [0.2, 0.25) is 5.78 Å². The first-order valence-electron chi connectivity index (χ1n) is 5.43. The summed E-state index contributed by atoms with van der Waals surface area (Å²) in [5, 5.41) is 9.68. The maximum absolute atomic E-state index is 12.2. The number of rotatable bonds is 4. The van der Waals surface area contributed by atoms with Crippen molar-refractivity contribution >= 4 is 5.78 Å². The second-order valence-corrected chi connectivity index (χ2v) is 3.88. The molecule has 1 N–H and O–H groups in total. The number of carbonyl (C=O) groups excluding carboxylic acids is 1. The highest BCUT2D eigenvalue weighted by atomic mass is 16.5. The van der Waals surface area contributed by atoms with Crippen molar-refractivity contribution in [2.75, 3.05) is 27.4 Å². The lowest BCUT2D eigenvalue weighted by atomic mass is 10.1. The number of Topliss-reactive ketones (excluding diaryl/α,β-unsaturated/α-hetero) is 1. The molecule has 2 rings (SSSR count). The molecule has 0 aliphatic carbocycles. The van der Waals surface area contributed by atoms with Crippen LogP contribution in [0.1, 0.15) is 10.4 Å².